The van der Waals surface area contributed by atoms with Crippen LogP contribution in [0, 0.1) is 0 Å². The molecule has 9 heteroatoms. The summed E-state index contributed by atoms with van der Waals surface area (Å²) in [5, 5.41) is 2.29. The largest absolute Gasteiger partial charge is 0.465 e. The topological polar surface area (TPSA) is 59.5 Å². The fraction of sp³-hybridized carbons (Fsp3) is 0.227. The Morgan fingerprint density at radius 1 is 1.16 bits per heavy atom. The van der Waals surface area contributed by atoms with Crippen LogP contribution in [0.2, 0.25) is 0 Å². The average molecular weight is 446 g/mol. The number of fused-ring (bicyclic) bond motifs is 1. The van der Waals surface area contributed by atoms with Crippen LogP contribution in [-0.4, -0.2) is 30.5 Å². The van der Waals surface area contributed by atoms with E-state index in [1.807, 2.05) is 0 Å². The summed E-state index contributed by atoms with van der Waals surface area (Å²) in [7, 11) is 1.32. The number of nitrogens with zero attached hydrogens (tertiary/aromatic N) is 2. The Morgan fingerprint density at radius 2 is 1.90 bits per heavy atom. The minimum absolute atomic E-state index is 0.0787. The number of carbonyl (C=O) groups is 2. The third-order valence-electron chi connectivity index (χ3n) is 5.04. The molecule has 5 nitrogen and oxygen atoms in total. The first-order chi connectivity index (χ1) is 14.8. The predicted octanol–water partition coefficient (Wildman–Crippen LogP) is 4.75. The molecule has 1 amide bonds. The number of thiazole rings is 1. The van der Waals surface area contributed by atoms with Crippen molar-refractivity contribution < 1.29 is 27.5 Å². The molecule has 0 atom stereocenters. The molecule has 0 unspecified atom stereocenters. The number of ether oxygens (including phenoxy) is 1. The lowest BCUT2D eigenvalue weighted by Crippen LogP contribution is -2.30. The van der Waals surface area contributed by atoms with Crippen LogP contribution in [-0.2, 0) is 28.5 Å². The quantitative estimate of drug-likeness (QED) is 0.543. The van der Waals surface area contributed by atoms with Crippen molar-refractivity contribution in [1.82, 2.24) is 4.98 Å². The Balaban J connectivity index is 1.46. The molecule has 160 valence electrons. The number of anilines is 1. The summed E-state index contributed by atoms with van der Waals surface area (Å²) in [5.41, 5.74) is 2.52. The SMILES string of the molecule is COC(=O)c1ccc2c(c1)CCN2C(=O)Cc1csc(-c2ccc(C(F)(F)F)cc2)n1. The second-order valence-corrected chi connectivity index (χ2v) is 7.88. The fourth-order valence-electron chi connectivity index (χ4n) is 3.48. The van der Waals surface area contributed by atoms with E-state index in [-0.39, 0.29) is 12.3 Å². The Morgan fingerprint density at radius 3 is 2.58 bits per heavy atom. The van der Waals surface area contributed by atoms with Crippen LogP contribution >= 0.6 is 11.3 Å². The molecule has 3 aromatic rings. The van der Waals surface area contributed by atoms with Gasteiger partial charge in [0.2, 0.25) is 5.91 Å². The molecular formula is C22H17F3N2O3S. The normalized spacial score (nSPS) is 13.2. The van der Waals surface area contributed by atoms with Crippen LogP contribution in [0.15, 0.2) is 47.8 Å². The number of alkyl halides is 3. The van der Waals surface area contributed by atoms with Gasteiger partial charge in [0.15, 0.2) is 0 Å². The summed E-state index contributed by atoms with van der Waals surface area (Å²) in [5.74, 6) is -0.556. The van der Waals surface area contributed by atoms with Gasteiger partial charge in [-0.15, -0.1) is 11.3 Å². The number of esters is 1. The van der Waals surface area contributed by atoms with Crippen molar-refractivity contribution in [3.63, 3.8) is 0 Å². The predicted molar refractivity (Wildman–Crippen MR) is 110 cm³/mol. The number of halogens is 3. The van der Waals surface area contributed by atoms with Crippen molar-refractivity contribution in [2.45, 2.75) is 19.0 Å². The number of rotatable bonds is 4. The molecule has 0 bridgehead atoms. The van der Waals surface area contributed by atoms with Crippen LogP contribution in [0.3, 0.4) is 0 Å². The standard InChI is InChI=1S/C22H17F3N2O3S/c1-30-21(29)15-4-7-18-14(10-15)8-9-27(18)19(28)11-17-12-31-20(26-17)13-2-5-16(6-3-13)22(23,24)25/h2-7,10,12H,8-9,11H2,1H3. The zero-order valence-electron chi connectivity index (χ0n) is 16.4. The van der Waals surface area contributed by atoms with Crippen LogP contribution < -0.4 is 4.90 Å². The lowest BCUT2D eigenvalue weighted by molar-refractivity contribution is -0.137. The number of hydrogen-bond donors (Lipinski definition) is 0. The van der Waals surface area contributed by atoms with E-state index >= 15 is 0 Å². The number of benzene rings is 2. The molecule has 1 aromatic heterocycles. The van der Waals surface area contributed by atoms with E-state index in [0.717, 1.165) is 23.4 Å². The molecule has 2 heterocycles. The summed E-state index contributed by atoms with van der Waals surface area (Å²) in [6.07, 6.45) is -3.67. The first-order valence-corrected chi connectivity index (χ1v) is 10.3. The number of aromatic nitrogens is 1. The highest BCUT2D eigenvalue weighted by molar-refractivity contribution is 7.13. The van der Waals surface area contributed by atoms with E-state index in [2.05, 4.69) is 4.98 Å². The molecule has 0 saturated heterocycles. The summed E-state index contributed by atoms with van der Waals surface area (Å²) < 4.78 is 42.9. The van der Waals surface area contributed by atoms with Gasteiger partial charge in [0.25, 0.3) is 0 Å². The first-order valence-electron chi connectivity index (χ1n) is 9.40. The van der Waals surface area contributed by atoms with Crippen LogP contribution in [0.25, 0.3) is 10.6 Å². The summed E-state index contributed by atoms with van der Waals surface area (Å²) >= 11 is 1.28. The van der Waals surface area contributed by atoms with Gasteiger partial charge in [0.05, 0.1) is 30.4 Å². The molecule has 0 saturated carbocycles. The van der Waals surface area contributed by atoms with E-state index in [0.29, 0.717) is 34.8 Å². The van der Waals surface area contributed by atoms with Crippen molar-refractivity contribution in [1.29, 1.82) is 0 Å². The monoisotopic (exact) mass is 446 g/mol. The highest BCUT2D eigenvalue weighted by Crippen LogP contribution is 2.33. The number of methoxy groups -OCH3 is 1. The molecular weight excluding hydrogens is 429 g/mol. The smallest absolute Gasteiger partial charge is 0.416 e. The molecule has 0 fully saturated rings. The van der Waals surface area contributed by atoms with Crippen molar-refractivity contribution in [3.05, 3.63) is 70.2 Å². The van der Waals surface area contributed by atoms with Gasteiger partial charge in [-0.2, -0.15) is 13.2 Å². The number of hydrogen-bond acceptors (Lipinski definition) is 5. The highest BCUT2D eigenvalue weighted by Gasteiger charge is 2.30. The molecule has 1 aliphatic rings. The Kier molecular flexibility index (Phi) is 5.53. The molecule has 0 spiro atoms. The summed E-state index contributed by atoms with van der Waals surface area (Å²) in [6, 6.07) is 9.89. The van der Waals surface area contributed by atoms with E-state index in [1.165, 1.54) is 30.6 Å². The van der Waals surface area contributed by atoms with Gasteiger partial charge >= 0.3 is 12.1 Å². The first kappa shape index (κ1) is 21.0. The average Bonchev–Trinajstić information content (AvgIpc) is 3.39. The molecule has 4 rings (SSSR count). The molecule has 0 N–H and O–H groups in total. The van der Waals surface area contributed by atoms with Crippen LogP contribution in [0.1, 0.15) is 27.2 Å². The van der Waals surface area contributed by atoms with Gasteiger partial charge in [0, 0.05) is 23.2 Å². The van der Waals surface area contributed by atoms with Gasteiger partial charge in [-0.05, 0) is 42.3 Å². The molecule has 1 aliphatic heterocycles. The Labute approximate surface area is 180 Å². The summed E-state index contributed by atoms with van der Waals surface area (Å²) in [6.45, 7) is 0.509. The number of carbonyl (C=O) groups excluding carboxylic acids is 2. The van der Waals surface area contributed by atoms with Gasteiger partial charge in [0.1, 0.15) is 5.01 Å². The maximum absolute atomic E-state index is 12.8. The zero-order chi connectivity index (χ0) is 22.2. The molecule has 0 aliphatic carbocycles. The lowest BCUT2D eigenvalue weighted by atomic mass is 10.1. The molecule has 31 heavy (non-hydrogen) atoms. The van der Waals surface area contributed by atoms with Gasteiger partial charge in [-0.25, -0.2) is 9.78 Å². The maximum atomic E-state index is 12.8. The highest BCUT2D eigenvalue weighted by atomic mass is 32.1. The van der Waals surface area contributed by atoms with Crippen LogP contribution in [0.5, 0.6) is 0 Å². The van der Waals surface area contributed by atoms with Crippen molar-refractivity contribution in [3.8, 4) is 10.6 Å². The lowest BCUT2D eigenvalue weighted by Gasteiger charge is -2.17. The number of amides is 1. The van der Waals surface area contributed by atoms with Gasteiger partial charge in [-0.3, -0.25) is 4.79 Å². The minimum atomic E-state index is -4.39. The van der Waals surface area contributed by atoms with Gasteiger partial charge < -0.3 is 9.64 Å². The second kappa shape index (κ2) is 8.14. The van der Waals surface area contributed by atoms with Crippen molar-refractivity contribution in [2.24, 2.45) is 0 Å². The van der Waals surface area contributed by atoms with Crippen LogP contribution in [0.4, 0.5) is 18.9 Å². The Bertz CT molecular complexity index is 1140. The van der Waals surface area contributed by atoms with Crippen molar-refractivity contribution >= 4 is 28.9 Å². The van der Waals surface area contributed by atoms with E-state index < -0.39 is 17.7 Å². The van der Waals surface area contributed by atoms with E-state index in [9.17, 15) is 22.8 Å². The second-order valence-electron chi connectivity index (χ2n) is 7.03. The molecule has 2 aromatic carbocycles. The van der Waals surface area contributed by atoms with E-state index in [1.54, 1.807) is 28.5 Å². The van der Waals surface area contributed by atoms with Gasteiger partial charge in [-0.1, -0.05) is 12.1 Å². The third-order valence-corrected chi connectivity index (χ3v) is 5.98. The fourth-order valence-corrected chi connectivity index (χ4v) is 4.30. The summed E-state index contributed by atoms with van der Waals surface area (Å²) in [4.78, 5) is 30.6. The third kappa shape index (κ3) is 4.32. The minimum Gasteiger partial charge on any atom is -0.465 e. The van der Waals surface area contributed by atoms with E-state index in [4.69, 9.17) is 4.74 Å². The zero-order valence-corrected chi connectivity index (χ0v) is 17.2. The molecule has 0 radical (unpaired) electrons. The maximum Gasteiger partial charge on any atom is 0.416 e. The van der Waals surface area contributed by atoms with Crippen molar-refractivity contribution in [2.75, 3.05) is 18.6 Å². The Hall–Kier alpha value is -3.20.